The van der Waals surface area contributed by atoms with Gasteiger partial charge in [-0.2, -0.15) is 0 Å². The number of aromatic nitrogens is 1. The second kappa shape index (κ2) is 8.33. The van der Waals surface area contributed by atoms with E-state index in [-0.39, 0.29) is 29.8 Å². The number of hydrogen-bond donors (Lipinski definition) is 1. The lowest BCUT2D eigenvalue weighted by atomic mass is 9.96. The fourth-order valence-corrected chi connectivity index (χ4v) is 3.43. The van der Waals surface area contributed by atoms with Crippen molar-refractivity contribution in [2.75, 3.05) is 19.7 Å². The zero-order valence-corrected chi connectivity index (χ0v) is 15.3. The summed E-state index contributed by atoms with van der Waals surface area (Å²) < 4.78 is 18.3. The van der Waals surface area contributed by atoms with Crippen LogP contribution in [0.4, 0.5) is 4.39 Å². The largest absolute Gasteiger partial charge is 0.466 e. The van der Waals surface area contributed by atoms with Crippen LogP contribution in [-0.4, -0.2) is 41.5 Å². The molecule has 1 N–H and O–H groups in total. The van der Waals surface area contributed by atoms with Gasteiger partial charge in [-0.1, -0.05) is 0 Å². The number of carbonyl (C=O) groups is 2. The summed E-state index contributed by atoms with van der Waals surface area (Å²) in [4.78, 5) is 40.8. The van der Waals surface area contributed by atoms with Crippen LogP contribution >= 0.6 is 0 Å². The highest BCUT2D eigenvalue weighted by atomic mass is 19.1. The summed E-state index contributed by atoms with van der Waals surface area (Å²) in [6, 6.07) is 5.92. The number of benzene rings is 1. The first-order valence-electron chi connectivity index (χ1n) is 9.23. The molecule has 0 saturated carbocycles. The van der Waals surface area contributed by atoms with Gasteiger partial charge in [-0.25, -0.2) is 4.39 Å². The van der Waals surface area contributed by atoms with Crippen LogP contribution in [0.1, 0.15) is 31.7 Å². The van der Waals surface area contributed by atoms with Crippen molar-refractivity contribution in [3.05, 3.63) is 46.0 Å². The number of H-pyrrole nitrogens is 1. The maximum atomic E-state index is 13.2. The lowest BCUT2D eigenvalue weighted by Crippen LogP contribution is -2.40. The first-order valence-corrected chi connectivity index (χ1v) is 9.23. The van der Waals surface area contributed by atoms with Gasteiger partial charge in [0.05, 0.1) is 18.0 Å². The number of fused-ring (bicyclic) bond motifs is 1. The third-order valence-electron chi connectivity index (χ3n) is 4.96. The minimum Gasteiger partial charge on any atom is -0.466 e. The topological polar surface area (TPSA) is 79.5 Å². The van der Waals surface area contributed by atoms with Crippen molar-refractivity contribution in [2.24, 2.45) is 5.92 Å². The number of esters is 1. The molecular formula is C20H23FN2O4. The average Bonchev–Trinajstić information content (AvgIpc) is 2.66. The van der Waals surface area contributed by atoms with Crippen LogP contribution in [0.25, 0.3) is 10.9 Å². The Morgan fingerprint density at radius 1 is 1.26 bits per heavy atom. The quantitative estimate of drug-likeness (QED) is 0.815. The molecule has 2 aromatic rings. The molecule has 0 radical (unpaired) electrons. The third kappa shape index (κ3) is 4.53. The van der Waals surface area contributed by atoms with E-state index >= 15 is 0 Å². The highest BCUT2D eigenvalue weighted by Crippen LogP contribution is 2.20. The molecule has 0 atom stereocenters. The molecule has 6 nitrogen and oxygen atoms in total. The number of ether oxygens (including phenoxy) is 1. The van der Waals surface area contributed by atoms with Crippen molar-refractivity contribution in [1.82, 2.24) is 9.88 Å². The number of nitrogens with zero attached hydrogens (tertiary/aromatic N) is 1. The van der Waals surface area contributed by atoms with Gasteiger partial charge in [0.2, 0.25) is 5.91 Å². The Hall–Kier alpha value is -2.70. The van der Waals surface area contributed by atoms with Crippen molar-refractivity contribution >= 4 is 22.8 Å². The minimum absolute atomic E-state index is 0.0316. The zero-order chi connectivity index (χ0) is 19.4. The van der Waals surface area contributed by atoms with Crippen LogP contribution in [0.3, 0.4) is 0 Å². The van der Waals surface area contributed by atoms with Gasteiger partial charge in [0.1, 0.15) is 5.82 Å². The second-order valence-corrected chi connectivity index (χ2v) is 6.76. The molecule has 1 aliphatic heterocycles. The minimum atomic E-state index is -0.410. The highest BCUT2D eigenvalue weighted by molar-refractivity contribution is 5.80. The van der Waals surface area contributed by atoms with Gasteiger partial charge in [-0.05, 0) is 55.8 Å². The van der Waals surface area contributed by atoms with E-state index in [4.69, 9.17) is 4.74 Å². The van der Waals surface area contributed by atoms with E-state index in [1.54, 1.807) is 24.0 Å². The SMILES string of the molecule is CCOC(=O)C1CCN(C(=O)CCc2cc3ccc(F)cc3[nH]c2=O)CC1. The molecular weight excluding hydrogens is 351 g/mol. The number of aromatic amines is 1. The predicted molar refractivity (Wildman–Crippen MR) is 98.8 cm³/mol. The molecule has 7 heteroatoms. The molecule has 2 heterocycles. The number of likely N-dealkylation sites (tertiary alicyclic amines) is 1. The summed E-state index contributed by atoms with van der Waals surface area (Å²) in [6.45, 7) is 3.19. The molecule has 144 valence electrons. The number of rotatable bonds is 5. The molecule has 0 aliphatic carbocycles. The first kappa shape index (κ1) is 19.1. The maximum Gasteiger partial charge on any atom is 0.309 e. The number of hydrogen-bond acceptors (Lipinski definition) is 4. The Morgan fingerprint density at radius 2 is 2.00 bits per heavy atom. The van der Waals surface area contributed by atoms with E-state index in [2.05, 4.69) is 4.98 Å². The van der Waals surface area contributed by atoms with E-state index < -0.39 is 5.82 Å². The lowest BCUT2D eigenvalue weighted by Gasteiger charge is -2.31. The fourth-order valence-electron chi connectivity index (χ4n) is 3.43. The van der Waals surface area contributed by atoms with Crippen LogP contribution in [0.5, 0.6) is 0 Å². The Bertz CT molecular complexity index is 900. The van der Waals surface area contributed by atoms with Crippen LogP contribution in [0.2, 0.25) is 0 Å². The number of pyridine rings is 1. The molecule has 27 heavy (non-hydrogen) atoms. The normalized spacial score (nSPS) is 15.1. The number of nitrogens with one attached hydrogen (secondary N) is 1. The molecule has 0 unspecified atom stereocenters. The molecule has 1 aromatic heterocycles. The summed E-state index contributed by atoms with van der Waals surface area (Å²) in [5.41, 5.74) is 0.641. The Morgan fingerprint density at radius 3 is 2.70 bits per heavy atom. The Balaban J connectivity index is 1.57. The van der Waals surface area contributed by atoms with Gasteiger partial charge in [0.15, 0.2) is 0 Å². The van der Waals surface area contributed by atoms with Crippen LogP contribution in [-0.2, 0) is 20.7 Å². The smallest absolute Gasteiger partial charge is 0.309 e. The van der Waals surface area contributed by atoms with Crippen LogP contribution in [0, 0.1) is 11.7 Å². The third-order valence-corrected chi connectivity index (χ3v) is 4.96. The molecule has 1 fully saturated rings. The molecule has 1 amide bonds. The van der Waals surface area contributed by atoms with E-state index in [0.29, 0.717) is 50.0 Å². The summed E-state index contributed by atoms with van der Waals surface area (Å²) in [5, 5.41) is 0.730. The van der Waals surface area contributed by atoms with Gasteiger partial charge in [-0.15, -0.1) is 0 Å². The van der Waals surface area contributed by atoms with Gasteiger partial charge in [0, 0.05) is 25.1 Å². The van der Waals surface area contributed by atoms with E-state index in [1.165, 1.54) is 12.1 Å². The molecule has 3 rings (SSSR count). The Kier molecular flexibility index (Phi) is 5.88. The van der Waals surface area contributed by atoms with Gasteiger partial charge in [-0.3, -0.25) is 14.4 Å². The molecule has 1 saturated heterocycles. The summed E-state index contributed by atoms with van der Waals surface area (Å²) in [6.07, 6.45) is 1.75. The van der Waals surface area contributed by atoms with E-state index in [9.17, 15) is 18.8 Å². The highest BCUT2D eigenvalue weighted by Gasteiger charge is 2.28. The molecule has 1 aromatic carbocycles. The number of piperidine rings is 1. The zero-order valence-electron chi connectivity index (χ0n) is 15.3. The van der Waals surface area contributed by atoms with Gasteiger partial charge < -0.3 is 14.6 Å². The van der Waals surface area contributed by atoms with Crippen molar-refractivity contribution in [2.45, 2.75) is 32.6 Å². The number of carbonyl (C=O) groups excluding carboxylic acids is 2. The molecule has 0 spiro atoms. The van der Waals surface area contributed by atoms with Gasteiger partial charge >= 0.3 is 5.97 Å². The average molecular weight is 374 g/mol. The first-order chi connectivity index (χ1) is 13.0. The van der Waals surface area contributed by atoms with Crippen molar-refractivity contribution in [3.8, 4) is 0 Å². The lowest BCUT2D eigenvalue weighted by molar-refractivity contribution is -0.151. The van der Waals surface area contributed by atoms with Gasteiger partial charge in [0.25, 0.3) is 5.56 Å². The second-order valence-electron chi connectivity index (χ2n) is 6.76. The predicted octanol–water partition coefficient (Wildman–Crippen LogP) is 2.40. The summed E-state index contributed by atoms with van der Waals surface area (Å²) in [5.74, 6) is -0.773. The summed E-state index contributed by atoms with van der Waals surface area (Å²) in [7, 11) is 0. The molecule has 1 aliphatic rings. The van der Waals surface area contributed by atoms with Crippen LogP contribution < -0.4 is 5.56 Å². The molecule has 0 bridgehead atoms. The van der Waals surface area contributed by atoms with E-state index in [0.717, 1.165) is 5.39 Å². The standard InChI is InChI=1S/C20H23FN2O4/c1-2-27-20(26)13-7-9-23(10-8-13)18(24)6-4-15-11-14-3-5-16(21)12-17(14)22-19(15)25/h3,5,11-13H,2,4,6-10H2,1H3,(H,22,25). The van der Waals surface area contributed by atoms with E-state index in [1.807, 2.05) is 0 Å². The van der Waals surface area contributed by atoms with Crippen molar-refractivity contribution in [3.63, 3.8) is 0 Å². The summed E-state index contributed by atoms with van der Waals surface area (Å²) >= 11 is 0. The van der Waals surface area contributed by atoms with Crippen LogP contribution in [0.15, 0.2) is 29.1 Å². The maximum absolute atomic E-state index is 13.2. The van der Waals surface area contributed by atoms with Crippen molar-refractivity contribution < 1.29 is 18.7 Å². The number of amides is 1. The number of aryl methyl sites for hydroxylation is 1. The van der Waals surface area contributed by atoms with Crippen molar-refractivity contribution in [1.29, 1.82) is 0 Å². The fraction of sp³-hybridized carbons (Fsp3) is 0.450. The monoisotopic (exact) mass is 374 g/mol. The Labute approximate surface area is 156 Å². The number of halogens is 1.